The lowest BCUT2D eigenvalue weighted by Gasteiger charge is -2.17. The number of methoxy groups -OCH3 is 1. The summed E-state index contributed by atoms with van der Waals surface area (Å²) in [5.74, 6) is -0.203. The molecule has 3 unspecified atom stereocenters. The molecule has 22 heavy (non-hydrogen) atoms. The summed E-state index contributed by atoms with van der Waals surface area (Å²) in [6.45, 7) is 2.11. The molecule has 1 fully saturated rings. The first-order valence-corrected chi connectivity index (χ1v) is 8.42. The Kier molecular flexibility index (Phi) is 8.24. The molecule has 0 aromatic rings. The van der Waals surface area contributed by atoms with Gasteiger partial charge in [-0.3, -0.25) is 9.59 Å². The molecule has 0 aromatic heterocycles. The van der Waals surface area contributed by atoms with Gasteiger partial charge >= 0.3 is 5.97 Å². The minimum atomic E-state index is -0.528. The van der Waals surface area contributed by atoms with E-state index in [4.69, 9.17) is 1.37 Å². The summed E-state index contributed by atoms with van der Waals surface area (Å²) in [6, 6.07) is 0. The summed E-state index contributed by atoms with van der Waals surface area (Å²) < 4.78 is 11.4. The number of hydrogen-bond donors (Lipinski definition) is 1. The van der Waals surface area contributed by atoms with E-state index in [0.29, 0.717) is 6.42 Å². The summed E-state index contributed by atoms with van der Waals surface area (Å²) in [5.41, 5.74) is 0. The Hall–Kier alpha value is -1.16. The van der Waals surface area contributed by atoms with Gasteiger partial charge < -0.3 is 9.84 Å². The zero-order valence-electron chi connectivity index (χ0n) is 14.6. The highest BCUT2D eigenvalue weighted by molar-refractivity contribution is 5.84. The highest BCUT2D eigenvalue weighted by atomic mass is 16.5. The fourth-order valence-corrected chi connectivity index (χ4v) is 3.07. The number of unbranched alkanes of at least 4 members (excludes halogenated alkanes) is 4. The zero-order chi connectivity index (χ0) is 17.1. The van der Waals surface area contributed by atoms with E-state index < -0.39 is 6.10 Å². The molecule has 126 valence electrons. The van der Waals surface area contributed by atoms with Crippen LogP contribution < -0.4 is 0 Å². The van der Waals surface area contributed by atoms with Gasteiger partial charge in [0.05, 0.1) is 14.6 Å². The van der Waals surface area contributed by atoms with Gasteiger partial charge in [-0.1, -0.05) is 44.8 Å². The van der Waals surface area contributed by atoms with Crippen molar-refractivity contribution in [2.45, 2.75) is 70.8 Å². The van der Waals surface area contributed by atoms with E-state index in [-0.39, 0.29) is 37.1 Å². The van der Waals surface area contributed by atoms with Crippen LogP contribution in [0.25, 0.3) is 0 Å². The lowest BCUT2D eigenvalue weighted by molar-refractivity contribution is -0.140. The number of ketones is 1. The maximum atomic E-state index is 12.0. The average molecular weight is 311 g/mol. The van der Waals surface area contributed by atoms with Gasteiger partial charge in [0.1, 0.15) is 5.78 Å². The Balaban J connectivity index is 2.26. The van der Waals surface area contributed by atoms with Crippen LogP contribution in [0.1, 0.15) is 66.1 Å². The van der Waals surface area contributed by atoms with Crippen molar-refractivity contribution >= 4 is 11.8 Å². The second-order valence-corrected chi connectivity index (χ2v) is 6.11. The standard InChI is InChI=1S/C18H30O4/c1-3-4-7-10-14-15(17(20)13-16(14)19)11-8-5-6-9-12-18(21)22-2/h7,10,14-16,19H,3-6,8-9,11-13H2,1-2H3/i2D. The lowest BCUT2D eigenvalue weighted by atomic mass is 9.88. The molecule has 1 aliphatic rings. The van der Waals surface area contributed by atoms with Gasteiger partial charge in [-0.2, -0.15) is 0 Å². The Morgan fingerprint density at radius 3 is 2.91 bits per heavy atom. The Labute approximate surface area is 135 Å². The second-order valence-electron chi connectivity index (χ2n) is 6.11. The number of ether oxygens (including phenoxy) is 1. The molecule has 0 spiro atoms. The first kappa shape index (κ1) is 17.2. The Morgan fingerprint density at radius 1 is 1.41 bits per heavy atom. The number of esters is 1. The predicted molar refractivity (Wildman–Crippen MR) is 86.4 cm³/mol. The first-order chi connectivity index (χ1) is 11.1. The van der Waals surface area contributed by atoms with Crippen LogP contribution >= 0.6 is 0 Å². The molecule has 0 saturated heterocycles. The van der Waals surface area contributed by atoms with Crippen LogP contribution in [0.4, 0.5) is 0 Å². The molecule has 4 heteroatoms. The number of allylic oxidation sites excluding steroid dienone is 1. The average Bonchev–Trinajstić information content (AvgIpc) is 2.77. The number of hydrogen-bond acceptors (Lipinski definition) is 4. The van der Waals surface area contributed by atoms with Crippen LogP contribution in [0.15, 0.2) is 12.2 Å². The summed E-state index contributed by atoms with van der Waals surface area (Å²) in [7, 11) is -0.308. The fourth-order valence-electron chi connectivity index (χ4n) is 3.07. The van der Waals surface area contributed by atoms with Gasteiger partial charge in [0.2, 0.25) is 0 Å². The largest absolute Gasteiger partial charge is 0.469 e. The first-order valence-electron chi connectivity index (χ1n) is 9.13. The van der Waals surface area contributed by atoms with Crippen molar-refractivity contribution in [1.82, 2.24) is 0 Å². The summed E-state index contributed by atoms with van der Waals surface area (Å²) in [6.07, 6.45) is 10.7. The number of Topliss-reactive ketones (excluding diaryl/α,β-unsaturated/α-hetero) is 1. The van der Waals surface area contributed by atoms with Crippen molar-refractivity contribution in [1.29, 1.82) is 0 Å². The normalized spacial score (nSPS) is 25.6. The summed E-state index contributed by atoms with van der Waals surface area (Å²) >= 11 is 0. The van der Waals surface area contributed by atoms with Crippen molar-refractivity contribution < 1.29 is 20.8 Å². The summed E-state index contributed by atoms with van der Waals surface area (Å²) in [5, 5.41) is 10.0. The quantitative estimate of drug-likeness (QED) is 0.381. The van der Waals surface area contributed by atoms with E-state index in [1.165, 1.54) is 0 Å². The molecule has 1 rings (SSSR count). The number of aliphatic hydroxyl groups excluding tert-OH is 1. The highest BCUT2D eigenvalue weighted by Crippen LogP contribution is 2.34. The fraction of sp³-hybridized carbons (Fsp3) is 0.778. The van der Waals surface area contributed by atoms with E-state index in [1.807, 2.05) is 6.08 Å². The van der Waals surface area contributed by atoms with Crippen LogP contribution in [-0.2, 0) is 14.3 Å². The smallest absolute Gasteiger partial charge is 0.305 e. The van der Waals surface area contributed by atoms with Crippen molar-refractivity contribution in [2.24, 2.45) is 11.8 Å². The van der Waals surface area contributed by atoms with Gasteiger partial charge in [-0.15, -0.1) is 0 Å². The molecule has 0 heterocycles. The van der Waals surface area contributed by atoms with Gasteiger partial charge in [0.25, 0.3) is 0 Å². The zero-order valence-corrected chi connectivity index (χ0v) is 13.6. The van der Waals surface area contributed by atoms with Crippen molar-refractivity contribution in [3.8, 4) is 0 Å². The number of carbonyl (C=O) groups is 2. The van der Waals surface area contributed by atoms with Crippen LogP contribution in [0.2, 0.25) is 0 Å². The summed E-state index contributed by atoms with van der Waals surface area (Å²) in [4.78, 5) is 23.1. The second kappa shape index (κ2) is 10.5. The van der Waals surface area contributed by atoms with Gasteiger partial charge in [-0.25, -0.2) is 0 Å². The molecule has 1 N–H and O–H groups in total. The molecule has 3 atom stereocenters. The van der Waals surface area contributed by atoms with E-state index in [9.17, 15) is 14.7 Å². The maximum absolute atomic E-state index is 12.0. The maximum Gasteiger partial charge on any atom is 0.305 e. The Morgan fingerprint density at radius 2 is 2.18 bits per heavy atom. The van der Waals surface area contributed by atoms with Crippen LogP contribution in [0, 0.1) is 11.8 Å². The molecule has 1 aliphatic carbocycles. The SMILES string of the molecule is [2H]COC(=O)CCCCCCC1C(=O)CC(O)C1C=CCCC. The number of aliphatic hydroxyl groups is 1. The van der Waals surface area contributed by atoms with E-state index in [0.717, 1.165) is 44.9 Å². The van der Waals surface area contributed by atoms with Crippen molar-refractivity contribution in [3.63, 3.8) is 0 Å². The van der Waals surface area contributed by atoms with Gasteiger partial charge in [0, 0.05) is 24.7 Å². The molecule has 4 nitrogen and oxygen atoms in total. The van der Waals surface area contributed by atoms with Crippen molar-refractivity contribution in [3.05, 3.63) is 12.2 Å². The molecule has 0 amide bonds. The van der Waals surface area contributed by atoms with E-state index >= 15 is 0 Å². The van der Waals surface area contributed by atoms with Crippen LogP contribution in [0.3, 0.4) is 0 Å². The Bertz CT molecular complexity index is 394. The van der Waals surface area contributed by atoms with Gasteiger partial charge in [-0.05, 0) is 19.3 Å². The topological polar surface area (TPSA) is 63.6 Å². The molecular weight excluding hydrogens is 280 g/mol. The third-order valence-corrected chi connectivity index (χ3v) is 4.35. The number of rotatable bonds is 10. The monoisotopic (exact) mass is 311 g/mol. The number of carbonyl (C=O) groups excluding carboxylic acids is 2. The van der Waals surface area contributed by atoms with Crippen LogP contribution in [-0.4, -0.2) is 30.0 Å². The highest BCUT2D eigenvalue weighted by Gasteiger charge is 2.39. The van der Waals surface area contributed by atoms with E-state index in [2.05, 4.69) is 17.7 Å². The third kappa shape index (κ3) is 6.30. The molecule has 0 bridgehead atoms. The molecule has 0 radical (unpaired) electrons. The minimum Gasteiger partial charge on any atom is -0.469 e. The molecule has 1 saturated carbocycles. The third-order valence-electron chi connectivity index (χ3n) is 4.35. The van der Waals surface area contributed by atoms with E-state index in [1.54, 1.807) is 0 Å². The predicted octanol–water partition coefficient (Wildman–Crippen LogP) is 3.42. The minimum absolute atomic E-state index is 0.0268. The molecular formula is C18H30O4. The molecule has 0 aromatic carbocycles. The van der Waals surface area contributed by atoms with Gasteiger partial charge in [0.15, 0.2) is 0 Å². The van der Waals surface area contributed by atoms with Crippen molar-refractivity contribution in [2.75, 3.05) is 7.09 Å². The lowest BCUT2D eigenvalue weighted by Crippen LogP contribution is -2.18. The molecule has 0 aliphatic heterocycles. The van der Waals surface area contributed by atoms with Crippen LogP contribution in [0.5, 0.6) is 0 Å².